The van der Waals surface area contributed by atoms with Gasteiger partial charge in [-0.1, -0.05) is 0 Å². The van der Waals surface area contributed by atoms with Crippen molar-refractivity contribution < 1.29 is 9.18 Å². The molecule has 1 aromatic heterocycles. The fraction of sp³-hybridized carbons (Fsp3) is 0.500. The van der Waals surface area contributed by atoms with Crippen LogP contribution in [0.1, 0.15) is 26.5 Å². The summed E-state index contributed by atoms with van der Waals surface area (Å²) in [7, 11) is 1.58. The summed E-state index contributed by atoms with van der Waals surface area (Å²) >= 11 is 0. The number of aromatic nitrogens is 1. The third-order valence-electron chi connectivity index (χ3n) is 2.41. The number of amides is 1. The van der Waals surface area contributed by atoms with Gasteiger partial charge < -0.3 is 16.0 Å². The number of halogens is 2. The number of hydrogen-bond acceptors (Lipinski definition) is 3. The molecule has 0 aliphatic rings. The van der Waals surface area contributed by atoms with Crippen LogP contribution < -0.4 is 16.0 Å². The summed E-state index contributed by atoms with van der Waals surface area (Å²) in [4.78, 5) is 19.6. The van der Waals surface area contributed by atoms with Crippen molar-refractivity contribution in [3.05, 3.63) is 29.8 Å². The van der Waals surface area contributed by atoms with E-state index in [0.717, 1.165) is 0 Å². The van der Waals surface area contributed by atoms with Gasteiger partial charge in [-0.05, 0) is 32.9 Å². The van der Waals surface area contributed by atoms with Crippen molar-refractivity contribution in [1.82, 2.24) is 20.9 Å². The molecule has 0 saturated heterocycles. The van der Waals surface area contributed by atoms with Gasteiger partial charge in [-0.2, -0.15) is 0 Å². The van der Waals surface area contributed by atoms with Crippen LogP contribution in [0.5, 0.6) is 0 Å². The molecule has 1 rings (SSSR count). The molecule has 124 valence electrons. The van der Waals surface area contributed by atoms with Crippen molar-refractivity contribution in [2.75, 3.05) is 13.6 Å². The topological polar surface area (TPSA) is 78.4 Å². The van der Waals surface area contributed by atoms with Crippen LogP contribution in [-0.4, -0.2) is 36.0 Å². The monoisotopic (exact) mass is 423 g/mol. The van der Waals surface area contributed by atoms with Gasteiger partial charge in [0.25, 0.3) is 0 Å². The van der Waals surface area contributed by atoms with Gasteiger partial charge in [0.15, 0.2) is 5.96 Å². The lowest BCUT2D eigenvalue weighted by Gasteiger charge is -2.21. The highest BCUT2D eigenvalue weighted by atomic mass is 127. The van der Waals surface area contributed by atoms with E-state index in [0.29, 0.717) is 11.7 Å². The van der Waals surface area contributed by atoms with E-state index in [-0.39, 0.29) is 54.3 Å². The Labute approximate surface area is 147 Å². The van der Waals surface area contributed by atoms with Gasteiger partial charge in [0.2, 0.25) is 5.91 Å². The zero-order valence-electron chi connectivity index (χ0n) is 13.2. The summed E-state index contributed by atoms with van der Waals surface area (Å²) in [5.41, 5.74) is 0.00637. The summed E-state index contributed by atoms with van der Waals surface area (Å²) in [5.74, 6) is -0.121. The van der Waals surface area contributed by atoms with Crippen LogP contribution in [0.3, 0.4) is 0 Å². The summed E-state index contributed by atoms with van der Waals surface area (Å²) in [6, 6.07) is 2.87. The molecule has 0 aliphatic carbocycles. The number of nitrogens with one attached hydrogen (secondary N) is 3. The molecule has 0 saturated carbocycles. The molecule has 0 aromatic carbocycles. The van der Waals surface area contributed by atoms with Gasteiger partial charge in [0, 0.05) is 18.8 Å². The predicted octanol–water partition coefficient (Wildman–Crippen LogP) is 1.42. The summed E-state index contributed by atoms with van der Waals surface area (Å²) < 4.78 is 13.4. The molecular formula is C14H23FIN5O. The van der Waals surface area contributed by atoms with Crippen molar-refractivity contribution in [2.24, 2.45) is 4.99 Å². The Hall–Kier alpha value is -1.45. The minimum Gasteiger partial charge on any atom is -0.351 e. The number of rotatable bonds is 4. The molecule has 0 bridgehead atoms. The SMILES string of the molecule is CN=C(NCC(=O)NC(C)(C)C)NCc1ncccc1F.I. The average Bonchev–Trinajstić information content (AvgIpc) is 2.38. The van der Waals surface area contributed by atoms with Crippen molar-refractivity contribution in [3.63, 3.8) is 0 Å². The van der Waals surface area contributed by atoms with E-state index in [1.54, 1.807) is 7.05 Å². The van der Waals surface area contributed by atoms with Crippen molar-refractivity contribution in [3.8, 4) is 0 Å². The summed E-state index contributed by atoms with van der Waals surface area (Å²) in [6.07, 6.45) is 1.52. The van der Waals surface area contributed by atoms with E-state index in [2.05, 4.69) is 25.9 Å². The minimum atomic E-state index is -0.383. The smallest absolute Gasteiger partial charge is 0.239 e. The Bertz CT molecular complexity index is 516. The lowest BCUT2D eigenvalue weighted by molar-refractivity contribution is -0.121. The van der Waals surface area contributed by atoms with Gasteiger partial charge in [0.05, 0.1) is 18.8 Å². The van der Waals surface area contributed by atoms with Gasteiger partial charge in [-0.25, -0.2) is 4.39 Å². The van der Waals surface area contributed by atoms with Gasteiger partial charge in [-0.15, -0.1) is 24.0 Å². The molecule has 22 heavy (non-hydrogen) atoms. The molecule has 0 fully saturated rings. The van der Waals surface area contributed by atoms with Crippen molar-refractivity contribution >= 4 is 35.8 Å². The number of carbonyl (C=O) groups excluding carboxylic acids is 1. The van der Waals surface area contributed by atoms with E-state index < -0.39 is 0 Å². The number of carbonyl (C=O) groups is 1. The first-order valence-electron chi connectivity index (χ1n) is 6.67. The van der Waals surface area contributed by atoms with Crippen LogP contribution in [0.15, 0.2) is 23.3 Å². The van der Waals surface area contributed by atoms with E-state index in [1.165, 1.54) is 18.3 Å². The second kappa shape index (κ2) is 9.54. The highest BCUT2D eigenvalue weighted by Gasteiger charge is 2.13. The maximum atomic E-state index is 13.4. The van der Waals surface area contributed by atoms with Crippen LogP contribution in [0.25, 0.3) is 0 Å². The largest absolute Gasteiger partial charge is 0.351 e. The van der Waals surface area contributed by atoms with Crippen molar-refractivity contribution in [1.29, 1.82) is 0 Å². The van der Waals surface area contributed by atoms with E-state index in [4.69, 9.17) is 0 Å². The molecule has 0 aliphatic heterocycles. The third kappa shape index (κ3) is 8.11. The molecule has 0 atom stereocenters. The molecule has 8 heteroatoms. The van der Waals surface area contributed by atoms with Crippen LogP contribution in [0.2, 0.25) is 0 Å². The average molecular weight is 423 g/mol. The van der Waals surface area contributed by atoms with E-state index in [1.807, 2.05) is 20.8 Å². The lowest BCUT2D eigenvalue weighted by Crippen LogP contribution is -2.48. The van der Waals surface area contributed by atoms with Crippen molar-refractivity contribution in [2.45, 2.75) is 32.9 Å². The quantitative estimate of drug-likeness (QED) is 0.389. The molecule has 3 N–H and O–H groups in total. The van der Waals surface area contributed by atoms with E-state index >= 15 is 0 Å². The predicted molar refractivity (Wildman–Crippen MR) is 95.7 cm³/mol. The Balaban J connectivity index is 0.00000441. The third-order valence-corrected chi connectivity index (χ3v) is 2.41. The van der Waals surface area contributed by atoms with Crippen LogP contribution in [-0.2, 0) is 11.3 Å². The molecule has 1 heterocycles. The molecule has 1 amide bonds. The molecular weight excluding hydrogens is 400 g/mol. The lowest BCUT2D eigenvalue weighted by atomic mass is 10.1. The second-order valence-electron chi connectivity index (χ2n) is 5.51. The van der Waals surface area contributed by atoms with Crippen LogP contribution in [0, 0.1) is 5.82 Å². The molecule has 0 spiro atoms. The molecule has 0 unspecified atom stereocenters. The van der Waals surface area contributed by atoms with E-state index in [9.17, 15) is 9.18 Å². The fourth-order valence-corrected chi connectivity index (χ4v) is 1.56. The first-order valence-corrected chi connectivity index (χ1v) is 6.67. The summed E-state index contributed by atoms with van der Waals surface area (Å²) in [5, 5.41) is 8.58. The Morgan fingerprint density at radius 2 is 2.05 bits per heavy atom. The zero-order valence-corrected chi connectivity index (χ0v) is 15.6. The second-order valence-corrected chi connectivity index (χ2v) is 5.51. The summed E-state index contributed by atoms with van der Waals surface area (Å²) in [6.45, 7) is 5.99. The number of pyridine rings is 1. The Morgan fingerprint density at radius 1 is 1.36 bits per heavy atom. The normalized spacial score (nSPS) is 11.4. The minimum absolute atomic E-state index is 0. The number of aliphatic imine (C=N–C) groups is 1. The Morgan fingerprint density at radius 3 is 2.59 bits per heavy atom. The first-order chi connectivity index (χ1) is 9.81. The highest BCUT2D eigenvalue weighted by molar-refractivity contribution is 14.0. The van der Waals surface area contributed by atoms with Gasteiger partial charge in [-0.3, -0.25) is 14.8 Å². The maximum Gasteiger partial charge on any atom is 0.239 e. The van der Waals surface area contributed by atoms with Crippen LogP contribution >= 0.6 is 24.0 Å². The standard InChI is InChI=1S/C14H22FN5O.HI/c1-14(2,3)20-12(21)9-19-13(16-4)18-8-11-10(15)6-5-7-17-11;/h5-7H,8-9H2,1-4H3,(H,20,21)(H2,16,18,19);1H. The number of nitrogens with zero attached hydrogens (tertiary/aromatic N) is 2. The molecule has 1 aromatic rings. The van der Waals surface area contributed by atoms with Gasteiger partial charge >= 0.3 is 0 Å². The van der Waals surface area contributed by atoms with Gasteiger partial charge in [0.1, 0.15) is 5.82 Å². The molecule has 6 nitrogen and oxygen atoms in total. The number of guanidine groups is 1. The highest BCUT2D eigenvalue weighted by Crippen LogP contribution is 2.01. The fourth-order valence-electron chi connectivity index (χ4n) is 1.56. The Kier molecular flexibility index (Phi) is 8.91. The maximum absolute atomic E-state index is 13.4. The number of hydrogen-bond donors (Lipinski definition) is 3. The first kappa shape index (κ1) is 20.6. The molecule has 0 radical (unpaired) electrons. The van der Waals surface area contributed by atoms with Crippen LogP contribution in [0.4, 0.5) is 4.39 Å². The zero-order chi connectivity index (χ0) is 15.9.